The Bertz CT molecular complexity index is 660. The molecule has 1 aromatic carbocycles. The van der Waals surface area contributed by atoms with E-state index in [1.165, 1.54) is 11.8 Å². The number of hydrogen-bond acceptors (Lipinski definition) is 5. The van der Waals surface area contributed by atoms with Crippen molar-refractivity contribution in [3.8, 4) is 0 Å². The molecule has 2 N–H and O–H groups in total. The zero-order valence-electron chi connectivity index (χ0n) is 13.4. The molecule has 1 heterocycles. The van der Waals surface area contributed by atoms with Crippen molar-refractivity contribution < 1.29 is 4.79 Å². The molecule has 2 rings (SSSR count). The van der Waals surface area contributed by atoms with Crippen LogP contribution in [0.2, 0.25) is 0 Å². The molecule has 0 aliphatic rings. The van der Waals surface area contributed by atoms with E-state index < -0.39 is 0 Å². The lowest BCUT2D eigenvalue weighted by atomic mass is 10.2. The second-order valence-electron chi connectivity index (χ2n) is 5.33. The Morgan fingerprint density at radius 1 is 1.23 bits per heavy atom. The lowest BCUT2D eigenvalue weighted by molar-refractivity contribution is -0.120. The van der Waals surface area contributed by atoms with Crippen LogP contribution in [0.3, 0.4) is 0 Å². The van der Waals surface area contributed by atoms with Crippen LogP contribution in [0.15, 0.2) is 29.4 Å². The molecular formula is C16H22N4OS. The van der Waals surface area contributed by atoms with Gasteiger partial charge < -0.3 is 10.6 Å². The first-order valence-corrected chi connectivity index (χ1v) is 8.37. The summed E-state index contributed by atoms with van der Waals surface area (Å²) in [5.74, 6) is 0.814. The van der Waals surface area contributed by atoms with Crippen LogP contribution in [0.5, 0.6) is 0 Å². The fourth-order valence-electron chi connectivity index (χ4n) is 2.02. The highest BCUT2D eigenvalue weighted by molar-refractivity contribution is 8.00. The topological polar surface area (TPSA) is 66.9 Å². The molecule has 1 aromatic heterocycles. The molecule has 22 heavy (non-hydrogen) atoms. The summed E-state index contributed by atoms with van der Waals surface area (Å²) < 4.78 is 0. The molecule has 0 radical (unpaired) electrons. The van der Waals surface area contributed by atoms with Crippen LogP contribution in [-0.2, 0) is 4.79 Å². The maximum atomic E-state index is 12.0. The summed E-state index contributed by atoms with van der Waals surface area (Å²) in [5, 5.41) is 7.54. The van der Waals surface area contributed by atoms with E-state index in [9.17, 15) is 4.79 Å². The summed E-state index contributed by atoms with van der Waals surface area (Å²) in [6, 6.07) is 8.01. The highest BCUT2D eigenvalue weighted by Crippen LogP contribution is 2.26. The van der Waals surface area contributed by atoms with E-state index >= 15 is 0 Å². The van der Waals surface area contributed by atoms with Gasteiger partial charge in [-0.1, -0.05) is 23.9 Å². The quantitative estimate of drug-likeness (QED) is 0.633. The molecule has 0 unspecified atom stereocenters. The van der Waals surface area contributed by atoms with Crippen LogP contribution >= 0.6 is 11.8 Å². The largest absolute Gasteiger partial charge is 0.370 e. The van der Waals surface area contributed by atoms with Crippen molar-refractivity contribution in [1.29, 1.82) is 0 Å². The number of nitrogens with one attached hydrogen (secondary N) is 2. The summed E-state index contributed by atoms with van der Waals surface area (Å²) in [6.07, 6.45) is 0. The Hall–Kier alpha value is -1.82. The summed E-state index contributed by atoms with van der Waals surface area (Å²) >= 11 is 1.37. The van der Waals surface area contributed by atoms with E-state index in [1.807, 2.05) is 52.0 Å². The number of amides is 1. The number of nitrogens with zero attached hydrogens (tertiary/aromatic N) is 2. The monoisotopic (exact) mass is 318 g/mol. The third-order valence-electron chi connectivity index (χ3n) is 3.01. The molecule has 0 spiro atoms. The third kappa shape index (κ3) is 4.10. The number of carbonyl (C=O) groups is 1. The molecule has 118 valence electrons. The van der Waals surface area contributed by atoms with Crippen molar-refractivity contribution in [1.82, 2.24) is 15.3 Å². The minimum Gasteiger partial charge on any atom is -0.370 e. The van der Waals surface area contributed by atoms with Crippen molar-refractivity contribution in [2.24, 2.45) is 0 Å². The van der Waals surface area contributed by atoms with E-state index in [-0.39, 0.29) is 17.2 Å². The lowest BCUT2D eigenvalue weighted by Crippen LogP contribution is -2.35. The predicted octanol–water partition coefficient (Wildman–Crippen LogP) is 3.07. The lowest BCUT2D eigenvalue weighted by Gasteiger charge is -2.14. The minimum absolute atomic E-state index is 0.00163. The maximum absolute atomic E-state index is 12.0. The Balaban J connectivity index is 2.26. The second-order valence-corrected chi connectivity index (χ2v) is 6.63. The highest BCUT2D eigenvalue weighted by Gasteiger charge is 2.17. The number of aromatic nitrogens is 2. The Labute approximate surface area is 135 Å². The SMILES string of the molecule is CCNc1nc(S[C@@H](C)C(=O)NC(C)C)nc2ccccc12. The van der Waals surface area contributed by atoms with E-state index in [2.05, 4.69) is 20.6 Å². The smallest absolute Gasteiger partial charge is 0.233 e. The van der Waals surface area contributed by atoms with Gasteiger partial charge in [-0.25, -0.2) is 9.97 Å². The zero-order valence-corrected chi connectivity index (χ0v) is 14.2. The summed E-state index contributed by atoms with van der Waals surface area (Å²) in [4.78, 5) is 21.1. The molecule has 0 fully saturated rings. The molecule has 0 aliphatic heterocycles. The summed E-state index contributed by atoms with van der Waals surface area (Å²) in [5.41, 5.74) is 0.882. The molecule has 5 nitrogen and oxygen atoms in total. The summed E-state index contributed by atoms with van der Waals surface area (Å²) in [6.45, 7) is 8.58. The van der Waals surface area contributed by atoms with Gasteiger partial charge in [0.05, 0.1) is 10.8 Å². The van der Waals surface area contributed by atoms with Crippen LogP contribution in [0.4, 0.5) is 5.82 Å². The predicted molar refractivity (Wildman–Crippen MR) is 92.3 cm³/mol. The Morgan fingerprint density at radius 2 is 1.95 bits per heavy atom. The Kier molecular flexibility index (Phi) is 5.60. The van der Waals surface area contributed by atoms with E-state index in [0.717, 1.165) is 23.3 Å². The van der Waals surface area contributed by atoms with Crippen LogP contribution < -0.4 is 10.6 Å². The van der Waals surface area contributed by atoms with E-state index in [0.29, 0.717) is 5.16 Å². The molecule has 6 heteroatoms. The number of rotatable bonds is 6. The Morgan fingerprint density at radius 3 is 2.64 bits per heavy atom. The molecule has 0 saturated carbocycles. The number of carbonyl (C=O) groups excluding carboxylic acids is 1. The average Bonchev–Trinajstić information content (AvgIpc) is 2.46. The zero-order chi connectivity index (χ0) is 16.1. The van der Waals surface area contributed by atoms with E-state index in [1.54, 1.807) is 0 Å². The number of para-hydroxylation sites is 1. The highest BCUT2D eigenvalue weighted by atomic mass is 32.2. The van der Waals surface area contributed by atoms with Gasteiger partial charge in [-0.05, 0) is 39.8 Å². The number of fused-ring (bicyclic) bond motifs is 1. The van der Waals surface area contributed by atoms with Crippen LogP contribution in [0.25, 0.3) is 10.9 Å². The molecule has 0 aliphatic carbocycles. The van der Waals surface area contributed by atoms with Gasteiger partial charge in [0.15, 0.2) is 5.16 Å². The van der Waals surface area contributed by atoms with Crippen LogP contribution in [0, 0.1) is 0 Å². The second kappa shape index (κ2) is 7.45. The minimum atomic E-state index is -0.238. The van der Waals surface area contributed by atoms with Gasteiger partial charge >= 0.3 is 0 Å². The summed E-state index contributed by atoms with van der Waals surface area (Å²) in [7, 11) is 0. The van der Waals surface area contributed by atoms with Crippen molar-refractivity contribution in [2.75, 3.05) is 11.9 Å². The van der Waals surface area contributed by atoms with Gasteiger partial charge in [-0.2, -0.15) is 0 Å². The normalized spacial score (nSPS) is 12.4. The first-order valence-electron chi connectivity index (χ1n) is 7.49. The van der Waals surface area contributed by atoms with Crippen molar-refractivity contribution in [3.05, 3.63) is 24.3 Å². The molecule has 1 amide bonds. The third-order valence-corrected chi connectivity index (χ3v) is 3.97. The fourth-order valence-corrected chi connectivity index (χ4v) is 2.81. The van der Waals surface area contributed by atoms with Crippen molar-refractivity contribution in [2.45, 2.75) is 44.1 Å². The van der Waals surface area contributed by atoms with Gasteiger partial charge in [-0.3, -0.25) is 4.79 Å². The number of hydrogen-bond donors (Lipinski definition) is 2. The van der Waals surface area contributed by atoms with Crippen LogP contribution in [-0.4, -0.2) is 33.7 Å². The molecular weight excluding hydrogens is 296 g/mol. The van der Waals surface area contributed by atoms with Gasteiger partial charge in [0.1, 0.15) is 5.82 Å². The van der Waals surface area contributed by atoms with E-state index in [4.69, 9.17) is 0 Å². The van der Waals surface area contributed by atoms with Gasteiger partial charge in [0.25, 0.3) is 0 Å². The molecule has 1 atom stereocenters. The van der Waals surface area contributed by atoms with Gasteiger partial charge in [0.2, 0.25) is 5.91 Å². The van der Waals surface area contributed by atoms with Crippen molar-refractivity contribution in [3.63, 3.8) is 0 Å². The van der Waals surface area contributed by atoms with Gasteiger partial charge in [-0.15, -0.1) is 0 Å². The molecule has 2 aromatic rings. The average molecular weight is 318 g/mol. The number of thioether (sulfide) groups is 1. The van der Waals surface area contributed by atoms with Crippen molar-refractivity contribution >= 4 is 34.4 Å². The number of benzene rings is 1. The maximum Gasteiger partial charge on any atom is 0.233 e. The first kappa shape index (κ1) is 16.5. The molecule has 0 saturated heterocycles. The fraction of sp³-hybridized carbons (Fsp3) is 0.438. The van der Waals surface area contributed by atoms with Crippen LogP contribution in [0.1, 0.15) is 27.7 Å². The first-order chi connectivity index (χ1) is 10.5. The standard InChI is InChI=1S/C16H22N4OS/c1-5-17-14-12-8-6-7-9-13(12)19-16(20-14)22-11(4)15(21)18-10(2)3/h6-11H,5H2,1-4H3,(H,18,21)(H,17,19,20)/t11-/m0/s1. The number of anilines is 1. The van der Waals surface area contributed by atoms with Gasteiger partial charge in [0, 0.05) is 18.0 Å². The molecule has 0 bridgehead atoms.